The topological polar surface area (TPSA) is 104 Å². The maximum absolute atomic E-state index is 13.2. The maximum atomic E-state index is 13.2. The molecule has 134 valence electrons. The smallest absolute Gasteiger partial charge is 0.407 e. The summed E-state index contributed by atoms with van der Waals surface area (Å²) in [6.45, 7) is 4.89. The number of aromatic amines is 1. The number of nitrogens with one attached hydrogen (secondary N) is 2. The van der Waals surface area contributed by atoms with Gasteiger partial charge in [-0.05, 0) is 38.5 Å². The van der Waals surface area contributed by atoms with Gasteiger partial charge in [-0.1, -0.05) is 6.07 Å². The van der Waals surface area contributed by atoms with Gasteiger partial charge >= 0.3 is 6.09 Å². The molecule has 0 saturated carbocycles. The van der Waals surface area contributed by atoms with Crippen molar-refractivity contribution in [1.82, 2.24) is 15.3 Å². The van der Waals surface area contributed by atoms with E-state index in [2.05, 4.69) is 15.3 Å². The molecule has 0 spiro atoms. The molecule has 0 fully saturated rings. The van der Waals surface area contributed by atoms with Crippen LogP contribution < -0.4 is 10.9 Å². The van der Waals surface area contributed by atoms with Gasteiger partial charge < -0.3 is 20.1 Å². The standard InChI is InChI=1S/C17H20FN3O4/c1-17(2,3)25-16(24)19-8-11(7-18)14(22)10-4-5-12-13(6-10)20-9-21-15(12)23/h4-7,9,14,22H,8H2,1-3H3,(H,19,24)(H,20,21,23)/b11-7+. The van der Waals surface area contributed by atoms with Gasteiger partial charge in [-0.15, -0.1) is 0 Å². The molecule has 7 nitrogen and oxygen atoms in total. The largest absolute Gasteiger partial charge is 0.444 e. The first-order valence-corrected chi connectivity index (χ1v) is 7.62. The number of aliphatic hydroxyl groups excluding tert-OH is 1. The third kappa shape index (κ3) is 4.87. The molecule has 0 radical (unpaired) electrons. The lowest BCUT2D eigenvalue weighted by molar-refractivity contribution is 0.0529. The lowest BCUT2D eigenvalue weighted by Gasteiger charge is -2.21. The molecule has 3 N–H and O–H groups in total. The van der Waals surface area contributed by atoms with E-state index in [1.807, 2.05) is 0 Å². The minimum Gasteiger partial charge on any atom is -0.444 e. The van der Waals surface area contributed by atoms with E-state index < -0.39 is 17.8 Å². The molecule has 1 aromatic heterocycles. The van der Waals surface area contributed by atoms with Crippen LogP contribution in [0.2, 0.25) is 0 Å². The van der Waals surface area contributed by atoms with Gasteiger partial charge in [-0.2, -0.15) is 0 Å². The highest BCUT2D eigenvalue weighted by Gasteiger charge is 2.19. The normalized spacial score (nSPS) is 13.6. The number of aliphatic hydroxyl groups is 1. The second-order valence-electron chi connectivity index (χ2n) is 6.45. The van der Waals surface area contributed by atoms with Crippen LogP contribution in [0.5, 0.6) is 0 Å². The second kappa shape index (κ2) is 7.43. The Bertz CT molecular complexity index is 855. The van der Waals surface area contributed by atoms with Crippen molar-refractivity contribution in [2.45, 2.75) is 32.5 Å². The zero-order valence-corrected chi connectivity index (χ0v) is 14.2. The number of aromatic nitrogens is 2. The molecule has 0 aliphatic carbocycles. The molecular weight excluding hydrogens is 329 g/mol. The maximum Gasteiger partial charge on any atom is 0.407 e. The van der Waals surface area contributed by atoms with Crippen LogP contribution in [0.15, 0.2) is 41.2 Å². The Morgan fingerprint density at radius 2 is 2.20 bits per heavy atom. The van der Waals surface area contributed by atoms with E-state index in [0.29, 0.717) is 16.5 Å². The fraction of sp³-hybridized carbons (Fsp3) is 0.353. The Kier molecular flexibility index (Phi) is 5.53. The average molecular weight is 349 g/mol. The van der Waals surface area contributed by atoms with Crippen molar-refractivity contribution >= 4 is 17.0 Å². The van der Waals surface area contributed by atoms with Crippen LogP contribution >= 0.6 is 0 Å². The molecule has 2 aromatic rings. The number of rotatable bonds is 4. The lowest BCUT2D eigenvalue weighted by Crippen LogP contribution is -2.34. The summed E-state index contributed by atoms with van der Waals surface area (Å²) in [5, 5.41) is 13.1. The Balaban J connectivity index is 2.13. The van der Waals surface area contributed by atoms with Gasteiger partial charge in [0.05, 0.1) is 23.6 Å². The Morgan fingerprint density at radius 3 is 2.84 bits per heavy atom. The summed E-state index contributed by atoms with van der Waals surface area (Å²) in [6.07, 6.45) is -0.537. The molecule has 1 aromatic carbocycles. The predicted octanol–water partition coefficient (Wildman–Crippen LogP) is 2.33. The van der Waals surface area contributed by atoms with Crippen molar-refractivity contribution < 1.29 is 19.0 Å². The highest BCUT2D eigenvalue weighted by Crippen LogP contribution is 2.23. The molecule has 0 aliphatic heterocycles. The van der Waals surface area contributed by atoms with E-state index in [1.165, 1.54) is 24.5 Å². The van der Waals surface area contributed by atoms with Crippen molar-refractivity contribution in [2.75, 3.05) is 6.54 Å². The van der Waals surface area contributed by atoms with Crippen LogP contribution in [0, 0.1) is 0 Å². The number of halogens is 1. The summed E-state index contributed by atoms with van der Waals surface area (Å²) in [4.78, 5) is 29.7. The summed E-state index contributed by atoms with van der Waals surface area (Å²) < 4.78 is 18.2. The van der Waals surface area contributed by atoms with Crippen molar-refractivity contribution in [3.63, 3.8) is 0 Å². The van der Waals surface area contributed by atoms with E-state index in [-0.39, 0.29) is 24.0 Å². The first-order chi connectivity index (χ1) is 11.7. The van der Waals surface area contributed by atoms with Crippen LogP contribution in [0.4, 0.5) is 9.18 Å². The van der Waals surface area contributed by atoms with Gasteiger partial charge in [0, 0.05) is 12.1 Å². The lowest BCUT2D eigenvalue weighted by atomic mass is 10.0. The van der Waals surface area contributed by atoms with Crippen molar-refractivity contribution in [3.05, 3.63) is 52.3 Å². The van der Waals surface area contributed by atoms with Crippen LogP contribution in [-0.2, 0) is 4.74 Å². The molecule has 0 bridgehead atoms. The van der Waals surface area contributed by atoms with Gasteiger partial charge in [0.15, 0.2) is 0 Å². The number of carbonyl (C=O) groups is 1. The van der Waals surface area contributed by atoms with Gasteiger partial charge in [-0.25, -0.2) is 14.2 Å². The number of hydrogen-bond acceptors (Lipinski definition) is 5. The number of benzene rings is 1. The Morgan fingerprint density at radius 1 is 1.48 bits per heavy atom. The number of nitrogens with zero attached hydrogens (tertiary/aromatic N) is 1. The molecule has 1 amide bonds. The number of fused-ring (bicyclic) bond motifs is 1. The number of alkyl carbamates (subject to hydrolysis) is 1. The highest BCUT2D eigenvalue weighted by molar-refractivity contribution is 5.78. The predicted molar refractivity (Wildman–Crippen MR) is 90.8 cm³/mol. The first-order valence-electron chi connectivity index (χ1n) is 7.62. The minimum atomic E-state index is -1.30. The molecule has 25 heavy (non-hydrogen) atoms. The number of H-pyrrole nitrogens is 1. The van der Waals surface area contributed by atoms with Gasteiger partial charge in [0.25, 0.3) is 5.56 Å². The van der Waals surface area contributed by atoms with Crippen molar-refractivity contribution in [1.29, 1.82) is 0 Å². The zero-order chi connectivity index (χ0) is 18.6. The number of hydrogen-bond donors (Lipinski definition) is 3. The summed E-state index contributed by atoms with van der Waals surface area (Å²) in [5.74, 6) is 0. The van der Waals surface area contributed by atoms with Crippen LogP contribution in [-0.4, -0.2) is 33.3 Å². The monoisotopic (exact) mass is 349 g/mol. The second-order valence-corrected chi connectivity index (χ2v) is 6.45. The fourth-order valence-corrected chi connectivity index (χ4v) is 2.15. The molecule has 1 atom stereocenters. The van der Waals surface area contributed by atoms with E-state index in [4.69, 9.17) is 4.74 Å². The van der Waals surface area contributed by atoms with E-state index >= 15 is 0 Å². The number of carbonyl (C=O) groups excluding carboxylic acids is 1. The van der Waals surface area contributed by atoms with E-state index in [9.17, 15) is 19.1 Å². The average Bonchev–Trinajstić information content (AvgIpc) is 2.53. The molecular formula is C17H20FN3O4. The first kappa shape index (κ1) is 18.6. The summed E-state index contributed by atoms with van der Waals surface area (Å²) in [5.41, 5.74) is -0.327. The van der Waals surface area contributed by atoms with Gasteiger partial charge in [0.2, 0.25) is 0 Å². The molecule has 0 aliphatic rings. The quantitative estimate of drug-likeness (QED) is 0.786. The highest BCUT2D eigenvalue weighted by atomic mass is 19.1. The van der Waals surface area contributed by atoms with Gasteiger partial charge in [-0.3, -0.25) is 4.79 Å². The molecule has 2 rings (SSSR count). The molecule has 0 saturated heterocycles. The minimum absolute atomic E-state index is 0.0601. The fourth-order valence-electron chi connectivity index (χ4n) is 2.15. The molecule has 1 unspecified atom stereocenters. The zero-order valence-electron chi connectivity index (χ0n) is 14.2. The van der Waals surface area contributed by atoms with E-state index in [0.717, 1.165) is 0 Å². The van der Waals surface area contributed by atoms with Crippen LogP contribution in [0.25, 0.3) is 10.9 Å². The molecule has 1 heterocycles. The van der Waals surface area contributed by atoms with Crippen LogP contribution in [0.3, 0.4) is 0 Å². The van der Waals surface area contributed by atoms with E-state index in [1.54, 1.807) is 20.8 Å². The Hall–Kier alpha value is -2.74. The van der Waals surface area contributed by atoms with Crippen LogP contribution in [0.1, 0.15) is 32.4 Å². The van der Waals surface area contributed by atoms with Crippen molar-refractivity contribution in [2.24, 2.45) is 0 Å². The number of amides is 1. The summed E-state index contributed by atoms with van der Waals surface area (Å²) in [7, 11) is 0. The summed E-state index contributed by atoms with van der Waals surface area (Å²) >= 11 is 0. The van der Waals surface area contributed by atoms with Crippen molar-refractivity contribution in [3.8, 4) is 0 Å². The number of ether oxygens (including phenoxy) is 1. The Labute approximate surface area is 143 Å². The SMILES string of the molecule is CC(C)(C)OC(=O)NC/C(=C\F)C(O)c1ccc2c(=O)[nH]cnc2c1. The molecule has 8 heteroatoms. The van der Waals surface area contributed by atoms with Gasteiger partial charge in [0.1, 0.15) is 11.7 Å². The summed E-state index contributed by atoms with van der Waals surface area (Å²) in [6, 6.07) is 4.49. The third-order valence-electron chi connectivity index (χ3n) is 3.31. The third-order valence-corrected chi connectivity index (χ3v) is 3.31.